The summed E-state index contributed by atoms with van der Waals surface area (Å²) in [7, 11) is 0. The van der Waals surface area contributed by atoms with E-state index in [1.165, 1.54) is 17.5 Å². The largest absolute Gasteiger partial charge is 0.152 e. The standard InChI is InChI=1S/C14H15BrS/c15-14(10-13-8-9-16-11-13)7-6-12-4-2-1-3-5-12/h1-5,8-9,11,14H,6-7,10H2. The van der Waals surface area contributed by atoms with E-state index in [1.54, 1.807) is 11.3 Å². The summed E-state index contributed by atoms with van der Waals surface area (Å²) >= 11 is 5.54. The number of thiophene rings is 1. The molecule has 84 valence electrons. The second-order valence-electron chi connectivity index (χ2n) is 3.96. The molecule has 2 heteroatoms. The van der Waals surface area contributed by atoms with Gasteiger partial charge in [0.15, 0.2) is 0 Å². The van der Waals surface area contributed by atoms with Crippen molar-refractivity contribution in [1.82, 2.24) is 0 Å². The van der Waals surface area contributed by atoms with Crippen LogP contribution in [0.15, 0.2) is 47.2 Å². The summed E-state index contributed by atoms with van der Waals surface area (Å²) in [5.74, 6) is 0. The Balaban J connectivity index is 1.78. The molecule has 1 aromatic carbocycles. The molecule has 0 amide bonds. The summed E-state index contributed by atoms with van der Waals surface area (Å²) in [6.45, 7) is 0. The second-order valence-corrected chi connectivity index (χ2v) is 6.03. The average Bonchev–Trinajstić information content (AvgIpc) is 2.81. The zero-order valence-electron chi connectivity index (χ0n) is 9.10. The molecule has 0 bridgehead atoms. The van der Waals surface area contributed by atoms with Crippen LogP contribution in [0.25, 0.3) is 0 Å². The summed E-state index contributed by atoms with van der Waals surface area (Å²) in [5.41, 5.74) is 2.87. The van der Waals surface area contributed by atoms with Crippen molar-refractivity contribution in [2.24, 2.45) is 0 Å². The van der Waals surface area contributed by atoms with Crippen LogP contribution in [0.3, 0.4) is 0 Å². The van der Waals surface area contributed by atoms with Crippen molar-refractivity contribution < 1.29 is 0 Å². The fourth-order valence-corrected chi connectivity index (χ4v) is 3.02. The molecule has 0 radical (unpaired) electrons. The monoisotopic (exact) mass is 294 g/mol. The maximum Gasteiger partial charge on any atom is 0.0189 e. The summed E-state index contributed by atoms with van der Waals surface area (Å²) in [6.07, 6.45) is 3.48. The number of benzene rings is 1. The molecule has 1 aromatic heterocycles. The van der Waals surface area contributed by atoms with E-state index in [-0.39, 0.29) is 0 Å². The van der Waals surface area contributed by atoms with E-state index in [9.17, 15) is 0 Å². The molecular weight excluding hydrogens is 280 g/mol. The van der Waals surface area contributed by atoms with Crippen molar-refractivity contribution in [1.29, 1.82) is 0 Å². The summed E-state index contributed by atoms with van der Waals surface area (Å²) in [5, 5.41) is 4.38. The van der Waals surface area contributed by atoms with E-state index in [1.807, 2.05) is 0 Å². The molecule has 0 aliphatic carbocycles. The fraction of sp³-hybridized carbons (Fsp3) is 0.286. The highest BCUT2D eigenvalue weighted by molar-refractivity contribution is 9.09. The van der Waals surface area contributed by atoms with Gasteiger partial charge < -0.3 is 0 Å². The molecule has 2 rings (SSSR count). The van der Waals surface area contributed by atoms with Crippen LogP contribution in [0.2, 0.25) is 0 Å². The van der Waals surface area contributed by atoms with Gasteiger partial charge in [0, 0.05) is 4.83 Å². The predicted octanol–water partition coefficient (Wildman–Crippen LogP) is 4.69. The summed E-state index contributed by atoms with van der Waals surface area (Å²) < 4.78 is 0. The second kappa shape index (κ2) is 6.21. The van der Waals surface area contributed by atoms with Gasteiger partial charge >= 0.3 is 0 Å². The zero-order valence-corrected chi connectivity index (χ0v) is 11.5. The fourth-order valence-electron chi connectivity index (χ4n) is 1.73. The zero-order chi connectivity index (χ0) is 11.2. The Bertz CT molecular complexity index is 394. The lowest BCUT2D eigenvalue weighted by molar-refractivity contribution is 0.765. The van der Waals surface area contributed by atoms with Crippen LogP contribution in [0.4, 0.5) is 0 Å². The van der Waals surface area contributed by atoms with E-state index < -0.39 is 0 Å². The van der Waals surface area contributed by atoms with Crippen molar-refractivity contribution >= 4 is 27.3 Å². The van der Waals surface area contributed by atoms with Gasteiger partial charge in [0.05, 0.1) is 0 Å². The molecule has 2 aromatic rings. The first-order valence-electron chi connectivity index (χ1n) is 5.53. The minimum Gasteiger partial charge on any atom is -0.152 e. The molecule has 1 unspecified atom stereocenters. The first-order valence-corrected chi connectivity index (χ1v) is 7.39. The lowest BCUT2D eigenvalue weighted by Gasteiger charge is -2.08. The van der Waals surface area contributed by atoms with Gasteiger partial charge in [0.2, 0.25) is 0 Å². The highest BCUT2D eigenvalue weighted by Gasteiger charge is 2.06. The maximum absolute atomic E-state index is 3.76. The Morgan fingerprint density at radius 1 is 1.06 bits per heavy atom. The van der Waals surface area contributed by atoms with Crippen molar-refractivity contribution in [2.75, 3.05) is 0 Å². The smallest absolute Gasteiger partial charge is 0.0189 e. The predicted molar refractivity (Wildman–Crippen MR) is 75.5 cm³/mol. The first kappa shape index (κ1) is 11.9. The van der Waals surface area contributed by atoms with Gasteiger partial charge in [-0.25, -0.2) is 0 Å². The Labute approximate surface area is 109 Å². The maximum atomic E-state index is 3.76. The quantitative estimate of drug-likeness (QED) is 0.702. The molecule has 0 fully saturated rings. The average molecular weight is 295 g/mol. The first-order chi connectivity index (χ1) is 7.84. The van der Waals surface area contributed by atoms with Gasteiger partial charge in [0.25, 0.3) is 0 Å². The number of halogens is 1. The lowest BCUT2D eigenvalue weighted by Crippen LogP contribution is -2.03. The van der Waals surface area contributed by atoms with E-state index in [2.05, 4.69) is 63.1 Å². The number of rotatable bonds is 5. The molecule has 0 saturated heterocycles. The third-order valence-corrected chi connectivity index (χ3v) is 4.14. The van der Waals surface area contributed by atoms with Crippen molar-refractivity contribution in [3.05, 3.63) is 58.3 Å². The van der Waals surface area contributed by atoms with Crippen molar-refractivity contribution in [3.8, 4) is 0 Å². The molecule has 0 saturated carbocycles. The van der Waals surface area contributed by atoms with Gasteiger partial charge in [-0.2, -0.15) is 11.3 Å². The van der Waals surface area contributed by atoms with Crippen LogP contribution in [-0.2, 0) is 12.8 Å². The van der Waals surface area contributed by atoms with Gasteiger partial charge in [-0.15, -0.1) is 0 Å². The Morgan fingerprint density at radius 2 is 1.88 bits per heavy atom. The van der Waals surface area contributed by atoms with Crippen LogP contribution in [0.5, 0.6) is 0 Å². The lowest BCUT2D eigenvalue weighted by atomic mass is 10.1. The topological polar surface area (TPSA) is 0 Å². The van der Waals surface area contributed by atoms with Crippen molar-refractivity contribution in [3.63, 3.8) is 0 Å². The molecule has 0 aliphatic heterocycles. The van der Waals surface area contributed by atoms with E-state index in [0.717, 1.165) is 12.8 Å². The molecule has 1 heterocycles. The third-order valence-electron chi connectivity index (χ3n) is 2.63. The minimum atomic E-state index is 0.585. The molecule has 1 atom stereocenters. The SMILES string of the molecule is BrC(CCc1ccccc1)Cc1ccsc1. The van der Waals surface area contributed by atoms with Gasteiger partial charge in [-0.05, 0) is 47.2 Å². The molecule has 0 nitrogen and oxygen atoms in total. The van der Waals surface area contributed by atoms with Crippen LogP contribution < -0.4 is 0 Å². The number of alkyl halides is 1. The normalized spacial score (nSPS) is 12.6. The number of hydrogen-bond donors (Lipinski definition) is 0. The minimum absolute atomic E-state index is 0.585. The van der Waals surface area contributed by atoms with Gasteiger partial charge in [0.1, 0.15) is 0 Å². The Hall–Kier alpha value is -0.600. The highest BCUT2D eigenvalue weighted by Crippen LogP contribution is 2.17. The van der Waals surface area contributed by atoms with Gasteiger partial charge in [-0.1, -0.05) is 46.3 Å². The van der Waals surface area contributed by atoms with Crippen LogP contribution in [0, 0.1) is 0 Å². The summed E-state index contributed by atoms with van der Waals surface area (Å²) in [6, 6.07) is 12.9. The number of aryl methyl sites for hydroxylation is 1. The molecule has 0 aliphatic rings. The van der Waals surface area contributed by atoms with E-state index >= 15 is 0 Å². The van der Waals surface area contributed by atoms with E-state index in [0.29, 0.717) is 4.83 Å². The van der Waals surface area contributed by atoms with Crippen molar-refractivity contribution in [2.45, 2.75) is 24.1 Å². The van der Waals surface area contributed by atoms with Gasteiger partial charge in [-0.3, -0.25) is 0 Å². The van der Waals surface area contributed by atoms with Crippen LogP contribution in [-0.4, -0.2) is 4.83 Å². The summed E-state index contributed by atoms with van der Waals surface area (Å²) in [4.78, 5) is 0.585. The molecular formula is C14H15BrS. The highest BCUT2D eigenvalue weighted by atomic mass is 79.9. The van der Waals surface area contributed by atoms with E-state index in [4.69, 9.17) is 0 Å². The molecule has 0 N–H and O–H groups in total. The molecule has 0 spiro atoms. The Morgan fingerprint density at radius 3 is 2.56 bits per heavy atom. The van der Waals surface area contributed by atoms with Crippen LogP contribution in [0.1, 0.15) is 17.5 Å². The third kappa shape index (κ3) is 3.76. The Kier molecular flexibility index (Phi) is 4.61. The number of hydrogen-bond acceptors (Lipinski definition) is 1. The molecule has 16 heavy (non-hydrogen) atoms. The van der Waals surface area contributed by atoms with Crippen LogP contribution >= 0.6 is 27.3 Å².